The third kappa shape index (κ3) is 3.88. The third-order valence-corrected chi connectivity index (χ3v) is 4.76. The zero-order valence-corrected chi connectivity index (χ0v) is 15.9. The number of pyridine rings is 1. The standard InChI is InChI=1S/C19H24N8O/c1-2-21-19-24-17(22-12-14-5-3-7-20-11-14)16-18(25-19)27(13-23-16)10-9-26-8-4-6-15(26)28/h3,5,7,11,13H,2,4,6,8-10,12H2,1H3,(H2,21,22,24,25). The van der Waals surface area contributed by atoms with Gasteiger partial charge >= 0.3 is 0 Å². The highest BCUT2D eigenvalue weighted by Crippen LogP contribution is 2.22. The average Bonchev–Trinajstić information content (AvgIpc) is 3.31. The van der Waals surface area contributed by atoms with Crippen LogP contribution in [0.1, 0.15) is 25.3 Å². The van der Waals surface area contributed by atoms with E-state index in [1.807, 2.05) is 34.7 Å². The smallest absolute Gasteiger partial charge is 0.226 e. The van der Waals surface area contributed by atoms with Crippen LogP contribution in [0, 0.1) is 0 Å². The maximum atomic E-state index is 11.9. The lowest BCUT2D eigenvalue weighted by molar-refractivity contribution is -0.127. The van der Waals surface area contributed by atoms with Gasteiger partial charge in [0.1, 0.15) is 0 Å². The summed E-state index contributed by atoms with van der Waals surface area (Å²) in [6.07, 6.45) is 6.94. The molecule has 9 heteroatoms. The van der Waals surface area contributed by atoms with Crippen molar-refractivity contribution in [2.24, 2.45) is 0 Å². The second kappa shape index (κ2) is 8.20. The molecule has 0 spiro atoms. The first-order valence-electron chi connectivity index (χ1n) is 9.62. The lowest BCUT2D eigenvalue weighted by atomic mass is 10.3. The first kappa shape index (κ1) is 18.1. The van der Waals surface area contributed by atoms with Gasteiger partial charge in [-0.1, -0.05) is 6.07 Å². The summed E-state index contributed by atoms with van der Waals surface area (Å²) in [6, 6.07) is 3.92. The largest absolute Gasteiger partial charge is 0.364 e. The molecule has 0 radical (unpaired) electrons. The molecule has 0 atom stereocenters. The number of fused-ring (bicyclic) bond motifs is 1. The second-order valence-electron chi connectivity index (χ2n) is 6.74. The minimum Gasteiger partial charge on any atom is -0.364 e. The molecular formula is C19H24N8O. The molecule has 2 N–H and O–H groups in total. The Labute approximate surface area is 163 Å². The van der Waals surface area contributed by atoms with Crippen LogP contribution in [-0.4, -0.2) is 54.9 Å². The third-order valence-electron chi connectivity index (χ3n) is 4.76. The van der Waals surface area contributed by atoms with E-state index >= 15 is 0 Å². The SMILES string of the molecule is CCNc1nc(NCc2cccnc2)c2ncn(CCN3CCCC3=O)c2n1. The lowest BCUT2D eigenvalue weighted by Gasteiger charge is -2.16. The summed E-state index contributed by atoms with van der Waals surface area (Å²) in [6.45, 7) is 5.49. The molecule has 0 unspecified atom stereocenters. The van der Waals surface area contributed by atoms with Crippen LogP contribution in [0.4, 0.5) is 11.8 Å². The van der Waals surface area contributed by atoms with Gasteiger partial charge in [0.25, 0.3) is 0 Å². The van der Waals surface area contributed by atoms with E-state index in [4.69, 9.17) is 0 Å². The number of hydrogen-bond acceptors (Lipinski definition) is 7. The first-order valence-corrected chi connectivity index (χ1v) is 9.62. The van der Waals surface area contributed by atoms with Gasteiger partial charge in [-0.15, -0.1) is 0 Å². The summed E-state index contributed by atoms with van der Waals surface area (Å²) in [5, 5.41) is 6.53. The van der Waals surface area contributed by atoms with Crippen LogP contribution in [0.3, 0.4) is 0 Å². The number of carbonyl (C=O) groups excluding carboxylic acids is 1. The Morgan fingerprint density at radius 1 is 1.21 bits per heavy atom. The van der Waals surface area contributed by atoms with Crippen molar-refractivity contribution in [3.63, 3.8) is 0 Å². The van der Waals surface area contributed by atoms with Crippen LogP contribution >= 0.6 is 0 Å². The van der Waals surface area contributed by atoms with Crippen LogP contribution in [-0.2, 0) is 17.9 Å². The highest BCUT2D eigenvalue weighted by molar-refractivity contribution is 5.84. The number of nitrogens with zero attached hydrogens (tertiary/aromatic N) is 6. The summed E-state index contributed by atoms with van der Waals surface area (Å²) in [5.41, 5.74) is 2.54. The number of aromatic nitrogens is 5. The Balaban J connectivity index is 1.57. The second-order valence-corrected chi connectivity index (χ2v) is 6.74. The van der Waals surface area contributed by atoms with Gasteiger partial charge in [0.2, 0.25) is 11.9 Å². The van der Waals surface area contributed by atoms with E-state index in [9.17, 15) is 4.79 Å². The quantitative estimate of drug-likeness (QED) is 0.615. The molecular weight excluding hydrogens is 356 g/mol. The van der Waals surface area contributed by atoms with Gasteiger partial charge < -0.3 is 20.1 Å². The van der Waals surface area contributed by atoms with Crippen molar-refractivity contribution in [3.8, 4) is 0 Å². The minimum atomic E-state index is 0.228. The van der Waals surface area contributed by atoms with Gasteiger partial charge in [-0.05, 0) is 25.0 Å². The van der Waals surface area contributed by atoms with E-state index in [0.717, 1.165) is 36.2 Å². The number of likely N-dealkylation sites (tertiary alicyclic amines) is 1. The normalized spacial score (nSPS) is 14.0. The molecule has 0 aromatic carbocycles. The van der Waals surface area contributed by atoms with Gasteiger partial charge in [-0.25, -0.2) is 4.98 Å². The van der Waals surface area contributed by atoms with Crippen molar-refractivity contribution in [2.75, 3.05) is 30.3 Å². The van der Waals surface area contributed by atoms with E-state index < -0.39 is 0 Å². The van der Waals surface area contributed by atoms with Gasteiger partial charge in [0.15, 0.2) is 17.0 Å². The Bertz CT molecular complexity index is 955. The van der Waals surface area contributed by atoms with Crippen LogP contribution in [0.25, 0.3) is 11.2 Å². The summed E-state index contributed by atoms with van der Waals surface area (Å²) in [5.74, 6) is 1.47. The summed E-state index contributed by atoms with van der Waals surface area (Å²) >= 11 is 0. The van der Waals surface area contributed by atoms with Crippen LogP contribution < -0.4 is 10.6 Å². The van der Waals surface area contributed by atoms with Crippen molar-refractivity contribution < 1.29 is 4.79 Å². The number of amides is 1. The lowest BCUT2D eigenvalue weighted by Crippen LogP contribution is -2.28. The Hall–Kier alpha value is -3.23. The first-order chi connectivity index (χ1) is 13.7. The van der Waals surface area contributed by atoms with Crippen molar-refractivity contribution in [3.05, 3.63) is 36.4 Å². The topological polar surface area (TPSA) is 101 Å². The highest BCUT2D eigenvalue weighted by atomic mass is 16.2. The monoisotopic (exact) mass is 380 g/mol. The molecule has 28 heavy (non-hydrogen) atoms. The predicted molar refractivity (Wildman–Crippen MR) is 107 cm³/mol. The van der Waals surface area contributed by atoms with Gasteiger partial charge in [0.05, 0.1) is 6.33 Å². The van der Waals surface area contributed by atoms with E-state index in [1.54, 1.807) is 12.5 Å². The molecule has 9 nitrogen and oxygen atoms in total. The zero-order chi connectivity index (χ0) is 19.3. The molecule has 146 valence electrons. The zero-order valence-electron chi connectivity index (χ0n) is 15.9. The summed E-state index contributed by atoms with van der Waals surface area (Å²) in [4.78, 5) is 31.6. The Kier molecular flexibility index (Phi) is 5.31. The Morgan fingerprint density at radius 2 is 2.14 bits per heavy atom. The predicted octanol–water partition coefficient (Wildman–Crippen LogP) is 1.89. The van der Waals surface area contributed by atoms with Crippen molar-refractivity contribution in [1.82, 2.24) is 29.4 Å². The van der Waals surface area contributed by atoms with Crippen LogP contribution in [0.5, 0.6) is 0 Å². The average molecular weight is 380 g/mol. The fraction of sp³-hybridized carbons (Fsp3) is 0.421. The number of rotatable bonds is 8. The number of imidazole rings is 1. The minimum absolute atomic E-state index is 0.228. The summed E-state index contributed by atoms with van der Waals surface area (Å²) < 4.78 is 1.98. The maximum absolute atomic E-state index is 11.9. The van der Waals surface area contributed by atoms with Crippen LogP contribution in [0.15, 0.2) is 30.9 Å². The van der Waals surface area contributed by atoms with Gasteiger partial charge in [0, 0.05) is 51.5 Å². The van der Waals surface area contributed by atoms with Gasteiger partial charge in [-0.2, -0.15) is 9.97 Å². The molecule has 1 aliphatic rings. The Morgan fingerprint density at radius 3 is 2.89 bits per heavy atom. The summed E-state index contributed by atoms with van der Waals surface area (Å²) in [7, 11) is 0. The van der Waals surface area contributed by atoms with Crippen molar-refractivity contribution in [2.45, 2.75) is 32.9 Å². The van der Waals surface area contributed by atoms with Crippen molar-refractivity contribution >= 4 is 28.8 Å². The molecule has 0 saturated carbocycles. The molecule has 1 amide bonds. The molecule has 0 aliphatic carbocycles. The van der Waals surface area contributed by atoms with E-state index in [0.29, 0.717) is 37.8 Å². The molecule has 3 aromatic heterocycles. The fourth-order valence-corrected chi connectivity index (χ4v) is 3.33. The van der Waals surface area contributed by atoms with Crippen LogP contribution in [0.2, 0.25) is 0 Å². The van der Waals surface area contributed by atoms with Gasteiger partial charge in [-0.3, -0.25) is 9.78 Å². The fourth-order valence-electron chi connectivity index (χ4n) is 3.33. The number of nitrogens with one attached hydrogen (secondary N) is 2. The number of hydrogen-bond donors (Lipinski definition) is 2. The highest BCUT2D eigenvalue weighted by Gasteiger charge is 2.20. The molecule has 4 rings (SSSR count). The number of anilines is 2. The molecule has 1 aliphatic heterocycles. The number of carbonyl (C=O) groups is 1. The van der Waals surface area contributed by atoms with E-state index in [1.165, 1.54) is 0 Å². The maximum Gasteiger partial charge on any atom is 0.226 e. The van der Waals surface area contributed by atoms with E-state index in [2.05, 4.69) is 30.6 Å². The molecule has 4 heterocycles. The molecule has 1 saturated heterocycles. The van der Waals surface area contributed by atoms with E-state index in [-0.39, 0.29) is 5.91 Å². The molecule has 1 fully saturated rings. The van der Waals surface area contributed by atoms with Crippen molar-refractivity contribution in [1.29, 1.82) is 0 Å². The molecule has 0 bridgehead atoms. The molecule has 3 aromatic rings.